The molecule has 0 saturated heterocycles. The van der Waals surface area contributed by atoms with E-state index < -0.39 is 5.60 Å². The van der Waals surface area contributed by atoms with Gasteiger partial charge >= 0.3 is 6.09 Å². The Bertz CT molecular complexity index is 563. The maximum Gasteiger partial charge on any atom is 0.407 e. The van der Waals surface area contributed by atoms with E-state index in [1.54, 1.807) is 0 Å². The topological polar surface area (TPSA) is 38.3 Å². The fourth-order valence-electron chi connectivity index (χ4n) is 2.53. The highest BCUT2D eigenvalue weighted by Gasteiger charge is 2.17. The molecule has 2 rings (SSSR count). The van der Waals surface area contributed by atoms with Crippen molar-refractivity contribution in [3.05, 3.63) is 71.8 Å². The average molecular weight is 311 g/mol. The Labute approximate surface area is 138 Å². The number of hydrogen-bond acceptors (Lipinski definition) is 2. The van der Waals surface area contributed by atoms with Crippen LogP contribution in [0.4, 0.5) is 4.79 Å². The van der Waals surface area contributed by atoms with Crippen molar-refractivity contribution in [2.75, 3.05) is 6.54 Å². The first-order valence-electron chi connectivity index (χ1n) is 8.02. The van der Waals surface area contributed by atoms with Crippen molar-refractivity contribution in [2.24, 2.45) is 0 Å². The number of amides is 1. The van der Waals surface area contributed by atoms with E-state index in [0.717, 1.165) is 6.42 Å². The minimum absolute atomic E-state index is 0.257. The molecule has 0 aliphatic heterocycles. The standard InChI is InChI=1S/C20H25NO2/c1-20(2,3)23-19(22)21-15-14-18(16-10-6-4-7-11-16)17-12-8-5-9-13-17/h4-13,18H,14-15H2,1-3H3,(H,21,22). The van der Waals surface area contributed by atoms with Crippen molar-refractivity contribution < 1.29 is 9.53 Å². The highest BCUT2D eigenvalue weighted by molar-refractivity contribution is 5.67. The van der Waals surface area contributed by atoms with E-state index in [1.165, 1.54) is 11.1 Å². The second-order valence-electron chi connectivity index (χ2n) is 6.59. The molecule has 2 aromatic rings. The van der Waals surface area contributed by atoms with Crippen LogP contribution in [-0.4, -0.2) is 18.2 Å². The summed E-state index contributed by atoms with van der Waals surface area (Å²) in [5, 5.41) is 2.85. The summed E-state index contributed by atoms with van der Waals surface area (Å²) in [7, 11) is 0. The van der Waals surface area contributed by atoms with Gasteiger partial charge < -0.3 is 10.1 Å². The van der Waals surface area contributed by atoms with Crippen molar-refractivity contribution in [3.63, 3.8) is 0 Å². The summed E-state index contributed by atoms with van der Waals surface area (Å²) < 4.78 is 5.28. The first-order chi connectivity index (χ1) is 11.0. The van der Waals surface area contributed by atoms with Crippen molar-refractivity contribution in [3.8, 4) is 0 Å². The first-order valence-corrected chi connectivity index (χ1v) is 8.02. The van der Waals surface area contributed by atoms with Gasteiger partial charge in [-0.15, -0.1) is 0 Å². The number of ether oxygens (including phenoxy) is 1. The Morgan fingerprint density at radius 2 is 1.43 bits per heavy atom. The number of benzene rings is 2. The molecule has 0 aliphatic carbocycles. The van der Waals surface area contributed by atoms with Crippen LogP contribution in [0.2, 0.25) is 0 Å². The van der Waals surface area contributed by atoms with Gasteiger partial charge in [-0.25, -0.2) is 4.79 Å². The molecule has 23 heavy (non-hydrogen) atoms. The third-order valence-electron chi connectivity index (χ3n) is 3.51. The molecule has 0 radical (unpaired) electrons. The van der Waals surface area contributed by atoms with Crippen LogP contribution in [0.5, 0.6) is 0 Å². The van der Waals surface area contributed by atoms with Gasteiger partial charge in [0.1, 0.15) is 5.60 Å². The predicted molar refractivity (Wildman–Crippen MR) is 93.6 cm³/mol. The van der Waals surface area contributed by atoms with E-state index in [-0.39, 0.29) is 12.0 Å². The fourth-order valence-corrected chi connectivity index (χ4v) is 2.53. The monoisotopic (exact) mass is 311 g/mol. The summed E-state index contributed by atoms with van der Waals surface area (Å²) in [6.45, 7) is 6.17. The van der Waals surface area contributed by atoms with Crippen LogP contribution in [0.1, 0.15) is 44.2 Å². The van der Waals surface area contributed by atoms with Gasteiger partial charge in [-0.05, 0) is 38.3 Å². The second-order valence-corrected chi connectivity index (χ2v) is 6.59. The van der Waals surface area contributed by atoms with E-state index in [1.807, 2.05) is 57.2 Å². The number of alkyl carbamates (subject to hydrolysis) is 1. The van der Waals surface area contributed by atoms with Crippen LogP contribution >= 0.6 is 0 Å². The van der Waals surface area contributed by atoms with Crippen LogP contribution in [0.25, 0.3) is 0 Å². The van der Waals surface area contributed by atoms with Crippen molar-refractivity contribution >= 4 is 6.09 Å². The Morgan fingerprint density at radius 3 is 1.87 bits per heavy atom. The lowest BCUT2D eigenvalue weighted by atomic mass is 9.88. The number of carbonyl (C=O) groups is 1. The van der Waals surface area contributed by atoms with Gasteiger partial charge in [-0.1, -0.05) is 60.7 Å². The van der Waals surface area contributed by atoms with Crippen molar-refractivity contribution in [1.82, 2.24) is 5.32 Å². The molecule has 0 spiro atoms. The van der Waals surface area contributed by atoms with Gasteiger partial charge in [0.05, 0.1) is 0 Å². The summed E-state index contributed by atoms with van der Waals surface area (Å²) in [6.07, 6.45) is 0.463. The normalized spacial score (nSPS) is 11.3. The lowest BCUT2D eigenvalue weighted by Gasteiger charge is -2.21. The molecule has 1 N–H and O–H groups in total. The molecule has 3 heteroatoms. The Balaban J connectivity index is 2.01. The Morgan fingerprint density at radius 1 is 0.957 bits per heavy atom. The molecule has 122 valence electrons. The van der Waals surface area contributed by atoms with E-state index in [0.29, 0.717) is 6.54 Å². The second kappa shape index (κ2) is 7.82. The average Bonchev–Trinajstić information content (AvgIpc) is 2.51. The zero-order chi connectivity index (χ0) is 16.7. The molecule has 0 aromatic heterocycles. The predicted octanol–water partition coefficient (Wildman–Crippen LogP) is 4.73. The molecule has 0 bridgehead atoms. The quantitative estimate of drug-likeness (QED) is 0.866. The highest BCUT2D eigenvalue weighted by atomic mass is 16.6. The van der Waals surface area contributed by atoms with Gasteiger partial charge in [0.15, 0.2) is 0 Å². The third kappa shape index (κ3) is 5.78. The maximum atomic E-state index is 11.8. The van der Waals surface area contributed by atoms with Gasteiger partial charge in [0.2, 0.25) is 0 Å². The lowest BCUT2D eigenvalue weighted by molar-refractivity contribution is 0.0527. The molecule has 0 aliphatic rings. The van der Waals surface area contributed by atoms with E-state index in [2.05, 4.69) is 29.6 Å². The summed E-state index contributed by atoms with van der Waals surface area (Å²) in [5.74, 6) is 0.257. The number of nitrogens with one attached hydrogen (secondary N) is 1. The number of hydrogen-bond donors (Lipinski definition) is 1. The Kier molecular flexibility index (Phi) is 5.80. The smallest absolute Gasteiger partial charge is 0.407 e. The lowest BCUT2D eigenvalue weighted by Crippen LogP contribution is -2.33. The van der Waals surface area contributed by atoms with Gasteiger partial charge in [0, 0.05) is 12.5 Å². The molecule has 0 heterocycles. The number of carbonyl (C=O) groups excluding carboxylic acids is 1. The molecule has 0 fully saturated rings. The SMILES string of the molecule is CC(C)(C)OC(=O)NCCC(c1ccccc1)c1ccccc1. The van der Waals surface area contributed by atoms with Gasteiger partial charge in [-0.2, -0.15) is 0 Å². The van der Waals surface area contributed by atoms with Crippen molar-refractivity contribution in [1.29, 1.82) is 0 Å². The summed E-state index contributed by atoms with van der Waals surface area (Å²) in [4.78, 5) is 11.8. The van der Waals surface area contributed by atoms with E-state index in [9.17, 15) is 4.79 Å². The minimum atomic E-state index is -0.470. The molecule has 1 amide bonds. The largest absolute Gasteiger partial charge is 0.444 e. The zero-order valence-corrected chi connectivity index (χ0v) is 14.1. The fraction of sp³-hybridized carbons (Fsp3) is 0.350. The molecular weight excluding hydrogens is 286 g/mol. The Hall–Kier alpha value is -2.29. The maximum absolute atomic E-state index is 11.8. The van der Waals surface area contributed by atoms with Gasteiger partial charge in [-0.3, -0.25) is 0 Å². The summed E-state index contributed by atoms with van der Waals surface area (Å²) in [6, 6.07) is 20.7. The molecule has 2 aromatic carbocycles. The van der Waals surface area contributed by atoms with Crippen LogP contribution in [-0.2, 0) is 4.74 Å². The molecule has 0 unspecified atom stereocenters. The molecule has 0 saturated carbocycles. The third-order valence-corrected chi connectivity index (χ3v) is 3.51. The van der Waals surface area contributed by atoms with Gasteiger partial charge in [0.25, 0.3) is 0 Å². The van der Waals surface area contributed by atoms with Crippen LogP contribution in [0, 0.1) is 0 Å². The minimum Gasteiger partial charge on any atom is -0.444 e. The number of rotatable bonds is 5. The highest BCUT2D eigenvalue weighted by Crippen LogP contribution is 2.27. The van der Waals surface area contributed by atoms with E-state index >= 15 is 0 Å². The van der Waals surface area contributed by atoms with Crippen molar-refractivity contribution in [2.45, 2.75) is 38.7 Å². The summed E-state index contributed by atoms with van der Waals surface area (Å²) in [5.41, 5.74) is 2.04. The van der Waals surface area contributed by atoms with E-state index in [4.69, 9.17) is 4.74 Å². The first kappa shape index (κ1) is 17.1. The van der Waals surface area contributed by atoms with Crippen LogP contribution < -0.4 is 5.32 Å². The molecule has 0 atom stereocenters. The zero-order valence-electron chi connectivity index (χ0n) is 14.1. The van der Waals surface area contributed by atoms with Crippen LogP contribution in [0.15, 0.2) is 60.7 Å². The molecular formula is C20H25NO2. The molecule has 3 nitrogen and oxygen atoms in total. The summed E-state index contributed by atoms with van der Waals surface area (Å²) >= 11 is 0. The van der Waals surface area contributed by atoms with Crippen LogP contribution in [0.3, 0.4) is 0 Å².